The lowest BCUT2D eigenvalue weighted by Crippen LogP contribution is -2.24. The first-order valence-electron chi connectivity index (χ1n) is 6.14. The minimum atomic E-state index is -1.33. The molecule has 0 unspecified atom stereocenters. The van der Waals surface area contributed by atoms with Gasteiger partial charge >= 0.3 is 11.7 Å². The number of carbonyl (C=O) groups is 1. The van der Waals surface area contributed by atoms with E-state index in [0.29, 0.717) is 0 Å². The maximum absolute atomic E-state index is 11.4. The van der Waals surface area contributed by atoms with Crippen molar-refractivity contribution in [2.45, 2.75) is 0 Å². The van der Waals surface area contributed by atoms with E-state index in [4.69, 9.17) is 10.8 Å². The van der Waals surface area contributed by atoms with Gasteiger partial charge in [-0.3, -0.25) is 14.8 Å². The largest absolute Gasteiger partial charge is 0.477 e. The van der Waals surface area contributed by atoms with Crippen molar-refractivity contribution in [2.75, 3.05) is 5.73 Å². The summed E-state index contributed by atoms with van der Waals surface area (Å²) in [5, 5.41) is 9.14. The summed E-state index contributed by atoms with van der Waals surface area (Å²) in [6.07, 6.45) is 2.78. The number of carboxylic acid groups (broad SMARTS) is 1. The zero-order chi connectivity index (χ0) is 16.1. The standard InChI is InChI=1S/C14H12N4O4/c15-10-11(17-14(22)18-12(10)19)16-9(13(20)21)7-6-8-4-2-1-3-5-8/h1-7H,15H2,(H,20,21)(H2,17,18,19,22)/b7-6+,16-9-. The van der Waals surface area contributed by atoms with Crippen molar-refractivity contribution in [2.24, 2.45) is 4.99 Å². The summed E-state index contributed by atoms with van der Waals surface area (Å²) in [6, 6.07) is 8.97. The predicted octanol–water partition coefficient (Wildman–Crippen LogP) is 0.516. The molecule has 0 aliphatic rings. The number of nitrogens with one attached hydrogen (secondary N) is 2. The number of rotatable bonds is 4. The quantitative estimate of drug-likeness (QED) is 0.609. The third kappa shape index (κ3) is 3.57. The molecule has 0 radical (unpaired) electrons. The lowest BCUT2D eigenvalue weighted by atomic mass is 10.2. The smallest absolute Gasteiger partial charge is 0.354 e. The Balaban J connectivity index is 2.45. The Labute approximate surface area is 123 Å². The molecular weight excluding hydrogens is 288 g/mol. The van der Waals surface area contributed by atoms with Crippen molar-refractivity contribution < 1.29 is 9.90 Å². The molecule has 0 bridgehead atoms. The molecule has 1 heterocycles. The predicted molar refractivity (Wildman–Crippen MR) is 82.3 cm³/mol. The summed E-state index contributed by atoms with van der Waals surface area (Å²) in [5.74, 6) is -1.63. The van der Waals surface area contributed by atoms with E-state index in [1.165, 1.54) is 12.2 Å². The number of nitrogens with two attached hydrogens (primary N) is 1. The maximum atomic E-state index is 11.4. The summed E-state index contributed by atoms with van der Waals surface area (Å²) in [4.78, 5) is 41.6. The summed E-state index contributed by atoms with van der Waals surface area (Å²) >= 11 is 0. The van der Waals surface area contributed by atoms with Crippen LogP contribution < -0.4 is 17.0 Å². The van der Waals surface area contributed by atoms with Gasteiger partial charge in [0.05, 0.1) is 0 Å². The number of aromatic amines is 2. The van der Waals surface area contributed by atoms with Crippen LogP contribution in [0.2, 0.25) is 0 Å². The van der Waals surface area contributed by atoms with Crippen molar-refractivity contribution in [1.29, 1.82) is 0 Å². The normalized spacial score (nSPS) is 11.7. The van der Waals surface area contributed by atoms with Crippen LogP contribution in [0.15, 0.2) is 51.0 Å². The molecular formula is C14H12N4O4. The van der Waals surface area contributed by atoms with Crippen LogP contribution in [0.25, 0.3) is 6.08 Å². The molecule has 112 valence electrons. The summed E-state index contributed by atoms with van der Waals surface area (Å²) in [5.41, 5.74) is 3.83. The van der Waals surface area contributed by atoms with E-state index in [1.54, 1.807) is 24.3 Å². The molecule has 0 amide bonds. The van der Waals surface area contributed by atoms with Crippen LogP contribution in [0.3, 0.4) is 0 Å². The fraction of sp³-hybridized carbons (Fsp3) is 0. The zero-order valence-electron chi connectivity index (χ0n) is 11.2. The second kappa shape index (κ2) is 6.35. The van der Waals surface area contributed by atoms with E-state index in [2.05, 4.69) is 9.98 Å². The first-order chi connectivity index (χ1) is 10.5. The molecule has 0 aliphatic carbocycles. The molecule has 2 rings (SSSR count). The van der Waals surface area contributed by atoms with Crippen molar-refractivity contribution in [3.8, 4) is 0 Å². The van der Waals surface area contributed by atoms with Crippen molar-refractivity contribution >= 4 is 29.3 Å². The molecule has 1 aromatic heterocycles. The number of aromatic nitrogens is 2. The number of nitrogens with zero attached hydrogens (tertiary/aromatic N) is 1. The monoisotopic (exact) mass is 300 g/mol. The van der Waals surface area contributed by atoms with Crippen LogP contribution in [0, 0.1) is 0 Å². The lowest BCUT2D eigenvalue weighted by molar-refractivity contribution is -0.129. The number of anilines is 1. The van der Waals surface area contributed by atoms with Gasteiger partial charge in [0.1, 0.15) is 5.69 Å². The summed E-state index contributed by atoms with van der Waals surface area (Å²) in [6.45, 7) is 0. The SMILES string of the molecule is Nc1c(/N=C(/C=C/c2ccccc2)C(=O)O)[nH]c(=O)[nH]c1=O. The summed E-state index contributed by atoms with van der Waals surface area (Å²) in [7, 11) is 0. The topological polar surface area (TPSA) is 141 Å². The van der Waals surface area contributed by atoms with Crippen molar-refractivity contribution in [3.63, 3.8) is 0 Å². The maximum Gasteiger partial charge on any atom is 0.354 e. The van der Waals surface area contributed by atoms with Gasteiger partial charge in [-0.2, -0.15) is 0 Å². The third-order valence-corrected chi connectivity index (χ3v) is 2.64. The number of H-pyrrole nitrogens is 2. The Hall–Kier alpha value is -3.42. The van der Waals surface area contributed by atoms with Gasteiger partial charge in [-0.05, 0) is 11.6 Å². The summed E-state index contributed by atoms with van der Waals surface area (Å²) < 4.78 is 0. The van der Waals surface area contributed by atoms with Gasteiger partial charge in [0.15, 0.2) is 11.5 Å². The minimum Gasteiger partial charge on any atom is -0.477 e. The van der Waals surface area contributed by atoms with Gasteiger partial charge in [0, 0.05) is 0 Å². The number of hydrogen-bond acceptors (Lipinski definition) is 5. The van der Waals surface area contributed by atoms with E-state index in [9.17, 15) is 14.4 Å². The molecule has 22 heavy (non-hydrogen) atoms. The number of benzene rings is 1. The second-order valence-corrected chi connectivity index (χ2v) is 4.22. The van der Waals surface area contributed by atoms with Crippen LogP contribution in [-0.4, -0.2) is 26.8 Å². The van der Waals surface area contributed by atoms with Crippen LogP contribution in [0.4, 0.5) is 11.5 Å². The van der Waals surface area contributed by atoms with E-state index in [-0.39, 0.29) is 17.2 Å². The van der Waals surface area contributed by atoms with Gasteiger partial charge in [0.2, 0.25) is 0 Å². The number of carboxylic acids is 1. The minimum absolute atomic E-state index is 0.302. The highest BCUT2D eigenvalue weighted by molar-refractivity contribution is 6.41. The van der Waals surface area contributed by atoms with Crippen LogP contribution in [0.1, 0.15) is 5.56 Å². The number of aliphatic carboxylic acids is 1. The Morgan fingerprint density at radius 2 is 1.86 bits per heavy atom. The van der Waals surface area contributed by atoms with E-state index in [0.717, 1.165) is 5.56 Å². The van der Waals surface area contributed by atoms with Crippen molar-refractivity contribution in [1.82, 2.24) is 9.97 Å². The van der Waals surface area contributed by atoms with Gasteiger partial charge < -0.3 is 10.8 Å². The van der Waals surface area contributed by atoms with Gasteiger partial charge in [0.25, 0.3) is 5.56 Å². The zero-order valence-corrected chi connectivity index (χ0v) is 11.2. The average Bonchev–Trinajstić information content (AvgIpc) is 2.48. The molecule has 0 saturated carbocycles. The Morgan fingerprint density at radius 1 is 1.18 bits per heavy atom. The van der Waals surface area contributed by atoms with E-state index < -0.39 is 17.2 Å². The van der Waals surface area contributed by atoms with E-state index >= 15 is 0 Å². The number of aliphatic imine (C=N–C) groups is 1. The molecule has 0 saturated heterocycles. The molecule has 5 N–H and O–H groups in total. The molecule has 0 fully saturated rings. The fourth-order valence-corrected chi connectivity index (χ4v) is 1.59. The van der Waals surface area contributed by atoms with E-state index in [1.807, 2.05) is 11.1 Å². The fourth-order valence-electron chi connectivity index (χ4n) is 1.59. The molecule has 0 atom stereocenters. The first-order valence-corrected chi connectivity index (χ1v) is 6.14. The lowest BCUT2D eigenvalue weighted by Gasteiger charge is -1.99. The molecule has 8 heteroatoms. The van der Waals surface area contributed by atoms with Crippen molar-refractivity contribution in [3.05, 3.63) is 62.8 Å². The Bertz CT molecular complexity index is 862. The highest BCUT2D eigenvalue weighted by Crippen LogP contribution is 2.12. The van der Waals surface area contributed by atoms with Gasteiger partial charge in [-0.1, -0.05) is 36.4 Å². The second-order valence-electron chi connectivity index (χ2n) is 4.22. The van der Waals surface area contributed by atoms with Crippen LogP contribution >= 0.6 is 0 Å². The first kappa shape index (κ1) is 15.0. The third-order valence-electron chi connectivity index (χ3n) is 2.64. The average molecular weight is 300 g/mol. The van der Waals surface area contributed by atoms with Gasteiger partial charge in [-0.15, -0.1) is 0 Å². The molecule has 8 nitrogen and oxygen atoms in total. The van der Waals surface area contributed by atoms with Crippen LogP contribution in [0.5, 0.6) is 0 Å². The molecule has 1 aromatic carbocycles. The molecule has 2 aromatic rings. The highest BCUT2D eigenvalue weighted by atomic mass is 16.4. The molecule has 0 aliphatic heterocycles. The Kier molecular flexibility index (Phi) is 4.33. The van der Waals surface area contributed by atoms with Crippen LogP contribution in [-0.2, 0) is 4.79 Å². The highest BCUT2D eigenvalue weighted by Gasteiger charge is 2.10. The van der Waals surface area contributed by atoms with Gasteiger partial charge in [-0.25, -0.2) is 14.6 Å². The molecule has 0 spiro atoms. The Morgan fingerprint density at radius 3 is 2.50 bits per heavy atom. The number of hydrogen-bond donors (Lipinski definition) is 4. The number of nitrogen functional groups attached to an aromatic ring is 1.